The quantitative estimate of drug-likeness (QED) is 0.520. The molecule has 0 aliphatic rings. The van der Waals surface area contributed by atoms with Crippen LogP contribution in [0.1, 0.15) is 26.2 Å². The summed E-state index contributed by atoms with van der Waals surface area (Å²) in [5.41, 5.74) is 0.761. The van der Waals surface area contributed by atoms with Gasteiger partial charge in [0.15, 0.2) is 0 Å². The molecule has 4 heteroatoms. The number of allylic oxidation sites excluding steroid dienone is 1. The Morgan fingerprint density at radius 1 is 1.38 bits per heavy atom. The van der Waals surface area contributed by atoms with Gasteiger partial charge in [0.2, 0.25) is 0 Å². The predicted molar refractivity (Wildman–Crippen MR) is 47.3 cm³/mol. The maximum absolute atomic E-state index is 10.7. The van der Waals surface area contributed by atoms with E-state index in [2.05, 4.69) is 4.74 Å². The fourth-order valence-corrected chi connectivity index (χ4v) is 0.897. The number of hydrogen-bond acceptors (Lipinski definition) is 3. The third kappa shape index (κ3) is 7.05. The third-order valence-corrected chi connectivity index (χ3v) is 1.55. The van der Waals surface area contributed by atoms with Crippen LogP contribution in [0, 0.1) is 0 Å². The highest BCUT2D eigenvalue weighted by Crippen LogP contribution is 2.06. The van der Waals surface area contributed by atoms with Gasteiger partial charge >= 0.3 is 11.9 Å². The summed E-state index contributed by atoms with van der Waals surface area (Å²) in [7, 11) is 1.34. The zero-order valence-corrected chi connectivity index (χ0v) is 7.87. The van der Waals surface area contributed by atoms with Crippen LogP contribution < -0.4 is 0 Å². The fourth-order valence-electron chi connectivity index (χ4n) is 0.897. The standard InChI is InChI=1S/C9H14O4/c1-7(6-8(10)11)4-3-5-9(12)13-2/h6H,3-5H2,1-2H3,(H,10,11)/b7-6+. The van der Waals surface area contributed by atoms with Gasteiger partial charge in [0.1, 0.15) is 0 Å². The molecular weight excluding hydrogens is 172 g/mol. The van der Waals surface area contributed by atoms with E-state index >= 15 is 0 Å². The molecule has 0 aliphatic heterocycles. The van der Waals surface area contributed by atoms with Gasteiger partial charge in [-0.1, -0.05) is 5.57 Å². The van der Waals surface area contributed by atoms with Crippen LogP contribution in [0.25, 0.3) is 0 Å². The van der Waals surface area contributed by atoms with Crippen LogP contribution in [-0.4, -0.2) is 24.2 Å². The molecule has 0 aromatic heterocycles. The molecular formula is C9H14O4. The monoisotopic (exact) mass is 186 g/mol. The van der Waals surface area contributed by atoms with E-state index < -0.39 is 5.97 Å². The van der Waals surface area contributed by atoms with Gasteiger partial charge < -0.3 is 9.84 Å². The molecule has 0 rings (SSSR count). The van der Waals surface area contributed by atoms with E-state index in [1.807, 2.05) is 0 Å². The number of carboxylic acid groups (broad SMARTS) is 1. The van der Waals surface area contributed by atoms with Gasteiger partial charge in [0.25, 0.3) is 0 Å². The van der Waals surface area contributed by atoms with Crippen molar-refractivity contribution in [3.05, 3.63) is 11.6 Å². The van der Waals surface area contributed by atoms with Crippen LogP contribution in [0.2, 0.25) is 0 Å². The molecule has 0 spiro atoms. The van der Waals surface area contributed by atoms with Crippen LogP contribution in [0.5, 0.6) is 0 Å². The van der Waals surface area contributed by atoms with Crippen molar-refractivity contribution in [2.24, 2.45) is 0 Å². The molecule has 0 aromatic rings. The average molecular weight is 186 g/mol. The minimum absolute atomic E-state index is 0.261. The number of hydrogen-bond donors (Lipinski definition) is 1. The number of aliphatic carboxylic acids is 1. The number of carboxylic acids is 1. The number of esters is 1. The van der Waals surface area contributed by atoms with Crippen molar-refractivity contribution in [1.29, 1.82) is 0 Å². The van der Waals surface area contributed by atoms with E-state index in [1.54, 1.807) is 6.92 Å². The van der Waals surface area contributed by atoms with Gasteiger partial charge in [-0.2, -0.15) is 0 Å². The zero-order chi connectivity index (χ0) is 10.3. The van der Waals surface area contributed by atoms with Crippen molar-refractivity contribution in [3.63, 3.8) is 0 Å². The molecule has 0 aromatic carbocycles. The molecule has 1 N–H and O–H groups in total. The summed E-state index contributed by atoms with van der Waals surface area (Å²) in [5.74, 6) is -1.21. The smallest absolute Gasteiger partial charge is 0.328 e. The minimum Gasteiger partial charge on any atom is -0.478 e. The van der Waals surface area contributed by atoms with Crippen molar-refractivity contribution < 1.29 is 19.4 Å². The molecule has 0 fully saturated rings. The summed E-state index contributed by atoms with van der Waals surface area (Å²) in [6.45, 7) is 1.73. The van der Waals surface area contributed by atoms with Gasteiger partial charge in [-0.15, -0.1) is 0 Å². The number of rotatable bonds is 5. The number of carbonyl (C=O) groups is 2. The van der Waals surface area contributed by atoms with E-state index in [1.165, 1.54) is 7.11 Å². The van der Waals surface area contributed by atoms with Crippen LogP contribution in [-0.2, 0) is 14.3 Å². The first kappa shape index (κ1) is 11.7. The van der Waals surface area contributed by atoms with Gasteiger partial charge in [0, 0.05) is 12.5 Å². The molecule has 0 amide bonds. The van der Waals surface area contributed by atoms with Crippen molar-refractivity contribution in [1.82, 2.24) is 0 Å². The largest absolute Gasteiger partial charge is 0.478 e. The summed E-state index contributed by atoms with van der Waals surface area (Å²) in [6, 6.07) is 0. The van der Waals surface area contributed by atoms with Crippen LogP contribution in [0.4, 0.5) is 0 Å². The lowest BCUT2D eigenvalue weighted by atomic mass is 10.1. The molecule has 0 radical (unpaired) electrons. The minimum atomic E-state index is -0.949. The molecule has 0 saturated heterocycles. The predicted octanol–water partition coefficient (Wildman–Crippen LogP) is 1.36. The van der Waals surface area contributed by atoms with E-state index in [-0.39, 0.29) is 5.97 Å². The lowest BCUT2D eigenvalue weighted by Gasteiger charge is -1.99. The van der Waals surface area contributed by atoms with E-state index in [4.69, 9.17) is 5.11 Å². The van der Waals surface area contributed by atoms with Crippen molar-refractivity contribution >= 4 is 11.9 Å². The first-order valence-electron chi connectivity index (χ1n) is 4.03. The Kier molecular flexibility index (Phi) is 5.59. The fraction of sp³-hybridized carbons (Fsp3) is 0.556. The number of ether oxygens (including phenoxy) is 1. The highest BCUT2D eigenvalue weighted by Gasteiger charge is 2.00. The van der Waals surface area contributed by atoms with E-state index in [0.717, 1.165) is 11.6 Å². The number of methoxy groups -OCH3 is 1. The van der Waals surface area contributed by atoms with Crippen LogP contribution in [0.15, 0.2) is 11.6 Å². The Morgan fingerprint density at radius 2 is 2.00 bits per heavy atom. The zero-order valence-electron chi connectivity index (χ0n) is 7.87. The molecule has 0 saturated carbocycles. The first-order valence-corrected chi connectivity index (χ1v) is 4.03. The second-order valence-corrected chi connectivity index (χ2v) is 2.76. The van der Waals surface area contributed by atoms with Crippen LogP contribution in [0.3, 0.4) is 0 Å². The molecule has 0 heterocycles. The summed E-state index contributed by atoms with van der Waals surface area (Å²) < 4.78 is 4.44. The Balaban J connectivity index is 3.65. The average Bonchev–Trinajstić information content (AvgIpc) is 2.02. The Bertz CT molecular complexity index is 218. The molecule has 0 atom stereocenters. The Hall–Kier alpha value is -1.32. The summed E-state index contributed by atoms with van der Waals surface area (Å²) in [5, 5.41) is 8.37. The Labute approximate surface area is 77.2 Å². The third-order valence-electron chi connectivity index (χ3n) is 1.55. The summed E-state index contributed by atoms with van der Waals surface area (Å²) >= 11 is 0. The lowest BCUT2D eigenvalue weighted by molar-refractivity contribution is -0.140. The van der Waals surface area contributed by atoms with Crippen LogP contribution >= 0.6 is 0 Å². The van der Waals surface area contributed by atoms with Gasteiger partial charge in [0.05, 0.1) is 7.11 Å². The second-order valence-electron chi connectivity index (χ2n) is 2.76. The van der Waals surface area contributed by atoms with Crippen molar-refractivity contribution in [2.75, 3.05) is 7.11 Å². The molecule has 0 aliphatic carbocycles. The molecule has 0 unspecified atom stereocenters. The Morgan fingerprint density at radius 3 is 2.46 bits per heavy atom. The molecule has 74 valence electrons. The van der Waals surface area contributed by atoms with E-state index in [9.17, 15) is 9.59 Å². The lowest BCUT2D eigenvalue weighted by Crippen LogP contribution is -1.99. The SMILES string of the molecule is COC(=O)CCC/C(C)=C/C(=O)O. The van der Waals surface area contributed by atoms with Crippen molar-refractivity contribution in [2.45, 2.75) is 26.2 Å². The summed E-state index contributed by atoms with van der Waals surface area (Å²) in [6.07, 6.45) is 2.72. The van der Waals surface area contributed by atoms with Gasteiger partial charge in [-0.25, -0.2) is 4.79 Å². The highest BCUT2D eigenvalue weighted by atomic mass is 16.5. The molecule has 13 heavy (non-hydrogen) atoms. The number of carbonyl (C=O) groups excluding carboxylic acids is 1. The molecule has 4 nitrogen and oxygen atoms in total. The first-order chi connectivity index (χ1) is 6.06. The van der Waals surface area contributed by atoms with E-state index in [0.29, 0.717) is 19.3 Å². The molecule has 0 bridgehead atoms. The van der Waals surface area contributed by atoms with Crippen molar-refractivity contribution in [3.8, 4) is 0 Å². The maximum Gasteiger partial charge on any atom is 0.328 e. The highest BCUT2D eigenvalue weighted by molar-refractivity contribution is 5.80. The van der Waals surface area contributed by atoms with Gasteiger partial charge in [-0.05, 0) is 19.8 Å². The summed E-state index contributed by atoms with van der Waals surface area (Å²) in [4.78, 5) is 20.9. The topological polar surface area (TPSA) is 63.6 Å². The van der Waals surface area contributed by atoms with Gasteiger partial charge in [-0.3, -0.25) is 4.79 Å². The normalized spacial score (nSPS) is 11.1. The second kappa shape index (κ2) is 6.22. The maximum atomic E-state index is 10.7.